The Labute approximate surface area is 110 Å². The van der Waals surface area contributed by atoms with E-state index in [2.05, 4.69) is 50.6 Å². The highest BCUT2D eigenvalue weighted by Crippen LogP contribution is 2.22. The van der Waals surface area contributed by atoms with Crippen molar-refractivity contribution in [3.05, 3.63) is 46.5 Å². The summed E-state index contributed by atoms with van der Waals surface area (Å²) < 4.78 is 3.23. The quantitative estimate of drug-likeness (QED) is 0.942. The molecular weight excluding hydrogens is 278 g/mol. The highest BCUT2D eigenvalue weighted by atomic mass is 79.9. The predicted molar refractivity (Wildman–Crippen MR) is 73.4 cm³/mol. The molecule has 1 aromatic heterocycles. The second-order valence-electron chi connectivity index (χ2n) is 3.92. The number of rotatable bonds is 4. The second-order valence-corrected chi connectivity index (χ2v) is 4.84. The fourth-order valence-electron chi connectivity index (χ4n) is 1.94. The average molecular weight is 294 g/mol. The Morgan fingerprint density at radius 2 is 2.24 bits per heavy atom. The van der Waals surface area contributed by atoms with Crippen molar-refractivity contribution in [3.63, 3.8) is 0 Å². The van der Waals surface area contributed by atoms with E-state index in [1.165, 1.54) is 11.3 Å². The lowest BCUT2D eigenvalue weighted by Gasteiger charge is -2.12. The molecule has 1 aromatic carbocycles. The van der Waals surface area contributed by atoms with Crippen LogP contribution >= 0.6 is 15.9 Å². The Kier molecular flexibility index (Phi) is 3.97. The van der Waals surface area contributed by atoms with Gasteiger partial charge < -0.3 is 10.3 Å². The lowest BCUT2D eigenvalue weighted by molar-refractivity contribution is 0.864. The minimum Gasteiger partial charge on any atom is -0.330 e. The number of nitrogens with zero attached hydrogens (tertiary/aromatic N) is 2. The van der Waals surface area contributed by atoms with Crippen LogP contribution in [-0.2, 0) is 12.8 Å². The topological polar surface area (TPSA) is 43.8 Å². The van der Waals surface area contributed by atoms with Crippen molar-refractivity contribution in [2.75, 3.05) is 6.54 Å². The Morgan fingerprint density at radius 3 is 2.94 bits per heavy atom. The number of imidazole rings is 1. The lowest BCUT2D eigenvalue weighted by Crippen LogP contribution is -2.08. The van der Waals surface area contributed by atoms with Crippen molar-refractivity contribution in [2.24, 2.45) is 5.73 Å². The van der Waals surface area contributed by atoms with E-state index in [1.807, 2.05) is 12.5 Å². The third-order valence-corrected chi connectivity index (χ3v) is 3.29. The summed E-state index contributed by atoms with van der Waals surface area (Å²) in [5.41, 5.74) is 9.26. The third kappa shape index (κ3) is 2.58. The Balaban J connectivity index is 2.48. The first kappa shape index (κ1) is 12.3. The first-order valence-corrected chi connectivity index (χ1v) is 6.55. The van der Waals surface area contributed by atoms with Crippen LogP contribution in [0.1, 0.15) is 18.2 Å². The van der Waals surface area contributed by atoms with Gasteiger partial charge in [0.2, 0.25) is 0 Å². The molecule has 0 amide bonds. The zero-order valence-corrected chi connectivity index (χ0v) is 11.4. The highest BCUT2D eigenvalue weighted by Gasteiger charge is 2.07. The summed E-state index contributed by atoms with van der Waals surface area (Å²) in [5.74, 6) is 0. The highest BCUT2D eigenvalue weighted by molar-refractivity contribution is 9.10. The van der Waals surface area contributed by atoms with Gasteiger partial charge in [0, 0.05) is 22.8 Å². The minimum absolute atomic E-state index is 0.643. The molecule has 2 N–H and O–H groups in total. The van der Waals surface area contributed by atoms with Gasteiger partial charge in [0.25, 0.3) is 0 Å². The fraction of sp³-hybridized carbons (Fsp3) is 0.308. The van der Waals surface area contributed by atoms with Gasteiger partial charge in [0.1, 0.15) is 0 Å². The van der Waals surface area contributed by atoms with Crippen LogP contribution in [-0.4, -0.2) is 16.1 Å². The fourth-order valence-corrected chi connectivity index (χ4v) is 2.35. The molecule has 0 spiro atoms. The first-order valence-electron chi connectivity index (χ1n) is 5.76. The largest absolute Gasteiger partial charge is 0.330 e. The molecule has 0 aliphatic carbocycles. The van der Waals surface area contributed by atoms with Crippen LogP contribution in [0.2, 0.25) is 0 Å². The summed E-state index contributed by atoms with van der Waals surface area (Å²) in [6.45, 7) is 2.80. The molecule has 0 unspecified atom stereocenters. The van der Waals surface area contributed by atoms with E-state index in [4.69, 9.17) is 5.73 Å². The van der Waals surface area contributed by atoms with Crippen LogP contribution in [0.4, 0.5) is 0 Å². The number of aryl methyl sites for hydroxylation is 1. The molecule has 0 aliphatic rings. The summed E-state index contributed by atoms with van der Waals surface area (Å²) in [4.78, 5) is 4.21. The molecule has 2 aromatic rings. The number of halogens is 1. The van der Waals surface area contributed by atoms with Gasteiger partial charge in [-0.2, -0.15) is 0 Å². The molecule has 0 bridgehead atoms. The average Bonchev–Trinajstić information content (AvgIpc) is 2.77. The zero-order chi connectivity index (χ0) is 12.3. The molecule has 0 fully saturated rings. The number of hydrogen-bond donors (Lipinski definition) is 1. The van der Waals surface area contributed by atoms with E-state index >= 15 is 0 Å². The van der Waals surface area contributed by atoms with E-state index in [-0.39, 0.29) is 0 Å². The summed E-state index contributed by atoms with van der Waals surface area (Å²) in [6.07, 6.45) is 5.58. The molecule has 0 saturated carbocycles. The normalized spacial score (nSPS) is 10.8. The molecule has 0 saturated heterocycles. The SMILES string of the molecule is CCc1cc(Br)ccc1-n1cncc1CCN. The van der Waals surface area contributed by atoms with Gasteiger partial charge in [-0.05, 0) is 36.7 Å². The maximum absolute atomic E-state index is 5.61. The lowest BCUT2D eigenvalue weighted by atomic mass is 10.1. The standard InChI is InChI=1S/C13H16BrN3/c1-2-10-7-11(14)3-4-13(10)17-9-16-8-12(17)5-6-15/h3-4,7-9H,2,5-6,15H2,1H3. The van der Waals surface area contributed by atoms with Crippen LogP contribution in [0.15, 0.2) is 35.2 Å². The van der Waals surface area contributed by atoms with E-state index in [1.54, 1.807) is 0 Å². The smallest absolute Gasteiger partial charge is 0.0994 e. The molecule has 0 aliphatic heterocycles. The van der Waals surface area contributed by atoms with Crippen molar-refractivity contribution in [1.29, 1.82) is 0 Å². The van der Waals surface area contributed by atoms with Crippen molar-refractivity contribution in [2.45, 2.75) is 19.8 Å². The summed E-state index contributed by atoms with van der Waals surface area (Å²) in [6, 6.07) is 6.33. The van der Waals surface area contributed by atoms with Crippen molar-refractivity contribution < 1.29 is 0 Å². The van der Waals surface area contributed by atoms with E-state index < -0.39 is 0 Å². The molecule has 90 valence electrons. The number of benzene rings is 1. The molecule has 1 heterocycles. The van der Waals surface area contributed by atoms with Crippen molar-refractivity contribution >= 4 is 15.9 Å². The molecule has 3 nitrogen and oxygen atoms in total. The van der Waals surface area contributed by atoms with Gasteiger partial charge in [-0.25, -0.2) is 4.98 Å². The minimum atomic E-state index is 0.643. The Morgan fingerprint density at radius 1 is 1.41 bits per heavy atom. The molecule has 0 radical (unpaired) electrons. The molecule has 4 heteroatoms. The summed E-state index contributed by atoms with van der Waals surface area (Å²) in [7, 11) is 0. The van der Waals surface area contributed by atoms with Crippen LogP contribution in [0.25, 0.3) is 5.69 Å². The van der Waals surface area contributed by atoms with Crippen LogP contribution < -0.4 is 5.73 Å². The van der Waals surface area contributed by atoms with Crippen molar-refractivity contribution in [1.82, 2.24) is 9.55 Å². The molecular formula is C13H16BrN3. The second kappa shape index (κ2) is 5.47. The van der Waals surface area contributed by atoms with Gasteiger partial charge >= 0.3 is 0 Å². The van der Waals surface area contributed by atoms with Crippen LogP contribution in [0.5, 0.6) is 0 Å². The van der Waals surface area contributed by atoms with E-state index in [0.717, 1.165) is 23.0 Å². The maximum Gasteiger partial charge on any atom is 0.0994 e. The number of nitrogens with two attached hydrogens (primary N) is 1. The predicted octanol–water partition coefficient (Wildman–Crippen LogP) is 2.70. The summed E-state index contributed by atoms with van der Waals surface area (Å²) >= 11 is 3.50. The van der Waals surface area contributed by atoms with Gasteiger partial charge in [-0.15, -0.1) is 0 Å². The molecule has 17 heavy (non-hydrogen) atoms. The maximum atomic E-state index is 5.61. The van der Waals surface area contributed by atoms with Gasteiger partial charge in [0.15, 0.2) is 0 Å². The van der Waals surface area contributed by atoms with Gasteiger partial charge in [0.05, 0.1) is 12.0 Å². The summed E-state index contributed by atoms with van der Waals surface area (Å²) in [5, 5.41) is 0. The van der Waals surface area contributed by atoms with Crippen LogP contribution in [0.3, 0.4) is 0 Å². The van der Waals surface area contributed by atoms with Gasteiger partial charge in [-0.1, -0.05) is 22.9 Å². The third-order valence-electron chi connectivity index (χ3n) is 2.80. The van der Waals surface area contributed by atoms with Crippen LogP contribution in [0, 0.1) is 0 Å². The van der Waals surface area contributed by atoms with Crippen molar-refractivity contribution in [3.8, 4) is 5.69 Å². The Hall–Kier alpha value is -1.13. The number of aromatic nitrogens is 2. The number of hydrogen-bond acceptors (Lipinski definition) is 2. The van der Waals surface area contributed by atoms with Gasteiger partial charge in [-0.3, -0.25) is 0 Å². The molecule has 0 atom stereocenters. The first-order chi connectivity index (χ1) is 8.26. The zero-order valence-electron chi connectivity index (χ0n) is 9.86. The van der Waals surface area contributed by atoms with E-state index in [0.29, 0.717) is 6.54 Å². The Bertz CT molecular complexity index is 505. The molecule has 2 rings (SSSR count). The van der Waals surface area contributed by atoms with E-state index in [9.17, 15) is 0 Å². The monoisotopic (exact) mass is 293 g/mol.